The van der Waals surface area contributed by atoms with Crippen LogP contribution in [0.4, 0.5) is 17.1 Å². The summed E-state index contributed by atoms with van der Waals surface area (Å²) in [5.41, 5.74) is 10.8. The van der Waals surface area contributed by atoms with E-state index in [1.54, 1.807) is 0 Å². The van der Waals surface area contributed by atoms with Gasteiger partial charge in [-0.05, 0) is 107 Å². The summed E-state index contributed by atoms with van der Waals surface area (Å²) in [6.07, 6.45) is 2.34. The number of nitrogens with zero attached hydrogens (tertiary/aromatic N) is 1. The summed E-state index contributed by atoms with van der Waals surface area (Å²) < 4.78 is 19.8. The third-order valence-electron chi connectivity index (χ3n) is 10.3. The van der Waals surface area contributed by atoms with Crippen LogP contribution in [0.25, 0.3) is 0 Å². The molecule has 216 valence electrons. The van der Waals surface area contributed by atoms with Crippen LogP contribution in [-0.4, -0.2) is 6.71 Å². The fourth-order valence-electron chi connectivity index (χ4n) is 7.80. The molecule has 4 nitrogen and oxygen atoms in total. The monoisotopic (exact) mass is 575 g/mol. The highest BCUT2D eigenvalue weighted by Crippen LogP contribution is 2.51. The van der Waals surface area contributed by atoms with Crippen molar-refractivity contribution in [2.45, 2.75) is 58.3 Å². The van der Waals surface area contributed by atoms with Gasteiger partial charge in [0.25, 0.3) is 6.71 Å². The van der Waals surface area contributed by atoms with Crippen molar-refractivity contribution >= 4 is 40.2 Å². The average molecular weight is 576 g/mol. The van der Waals surface area contributed by atoms with Gasteiger partial charge in [-0.2, -0.15) is 0 Å². The average Bonchev–Trinajstić information content (AvgIpc) is 3.01. The minimum Gasteiger partial charge on any atom is -0.458 e. The van der Waals surface area contributed by atoms with E-state index in [2.05, 4.69) is 106 Å². The van der Waals surface area contributed by atoms with Crippen LogP contribution in [0, 0.1) is 6.92 Å². The van der Waals surface area contributed by atoms with Crippen LogP contribution in [0.3, 0.4) is 0 Å². The largest absolute Gasteiger partial charge is 0.458 e. The van der Waals surface area contributed by atoms with Gasteiger partial charge in [-0.15, -0.1) is 0 Å². The topological polar surface area (TPSA) is 30.9 Å². The number of fused-ring (bicyclic) bond motifs is 7. The lowest BCUT2D eigenvalue weighted by Gasteiger charge is -2.43. The van der Waals surface area contributed by atoms with E-state index in [4.69, 9.17) is 14.2 Å². The van der Waals surface area contributed by atoms with E-state index in [9.17, 15) is 0 Å². The first-order chi connectivity index (χ1) is 21.2. The number of hydrogen-bond donors (Lipinski definition) is 0. The Bertz CT molecular complexity index is 2000. The summed E-state index contributed by atoms with van der Waals surface area (Å²) in [6.45, 7) is 11.7. The predicted molar refractivity (Wildman–Crippen MR) is 179 cm³/mol. The van der Waals surface area contributed by atoms with Gasteiger partial charge in [0.05, 0.1) is 17.1 Å². The molecule has 0 unspecified atom stereocenters. The maximum absolute atomic E-state index is 6.78. The van der Waals surface area contributed by atoms with E-state index in [0.717, 1.165) is 62.6 Å². The first-order valence-electron chi connectivity index (χ1n) is 15.7. The number of aryl methyl sites for hydroxylation is 1. The first-order valence-corrected chi connectivity index (χ1v) is 15.7. The zero-order valence-corrected chi connectivity index (χ0v) is 25.8. The lowest BCUT2D eigenvalue weighted by Crippen LogP contribution is -2.58. The van der Waals surface area contributed by atoms with Crippen molar-refractivity contribution in [2.75, 3.05) is 4.90 Å². The summed E-state index contributed by atoms with van der Waals surface area (Å²) in [4.78, 5) is 2.27. The first kappa shape index (κ1) is 25.8. The van der Waals surface area contributed by atoms with E-state index in [-0.39, 0.29) is 17.5 Å². The van der Waals surface area contributed by atoms with Crippen LogP contribution in [0.5, 0.6) is 34.5 Å². The van der Waals surface area contributed by atoms with Gasteiger partial charge < -0.3 is 19.1 Å². The van der Waals surface area contributed by atoms with E-state index >= 15 is 0 Å². The molecule has 4 aliphatic rings. The highest BCUT2D eigenvalue weighted by Gasteiger charge is 2.44. The maximum Gasteiger partial charge on any atom is 0.260 e. The Labute approximate surface area is 259 Å². The molecule has 44 heavy (non-hydrogen) atoms. The zero-order chi connectivity index (χ0) is 30.0. The second kappa shape index (κ2) is 8.72. The lowest BCUT2D eigenvalue weighted by atomic mass is 9.34. The van der Waals surface area contributed by atoms with Crippen LogP contribution in [0.2, 0.25) is 0 Å². The van der Waals surface area contributed by atoms with Gasteiger partial charge in [0.1, 0.15) is 23.0 Å². The molecule has 9 rings (SSSR count). The van der Waals surface area contributed by atoms with E-state index in [0.29, 0.717) is 0 Å². The second-order valence-electron chi connectivity index (χ2n) is 14.1. The molecule has 0 aromatic heterocycles. The summed E-state index contributed by atoms with van der Waals surface area (Å²) in [7, 11) is 0. The Kier molecular flexibility index (Phi) is 5.12. The van der Waals surface area contributed by atoms with Crippen molar-refractivity contribution < 1.29 is 14.2 Å². The summed E-state index contributed by atoms with van der Waals surface area (Å²) in [5.74, 6) is 5.30. The van der Waals surface area contributed by atoms with Crippen molar-refractivity contribution in [3.8, 4) is 34.5 Å². The number of para-hydroxylation sites is 4. The molecule has 0 saturated heterocycles. The molecule has 1 aliphatic carbocycles. The number of anilines is 3. The molecule has 5 aromatic rings. The molecule has 3 aliphatic heterocycles. The molecular formula is C39H34BNO3. The highest BCUT2D eigenvalue weighted by atomic mass is 16.5. The summed E-state index contributed by atoms with van der Waals surface area (Å²) >= 11 is 0. The van der Waals surface area contributed by atoms with E-state index < -0.39 is 0 Å². The van der Waals surface area contributed by atoms with Crippen molar-refractivity contribution in [3.63, 3.8) is 0 Å². The third kappa shape index (κ3) is 3.59. The van der Waals surface area contributed by atoms with Gasteiger partial charge in [-0.3, -0.25) is 0 Å². The van der Waals surface area contributed by atoms with E-state index in [1.165, 1.54) is 34.9 Å². The molecule has 0 N–H and O–H groups in total. The third-order valence-corrected chi connectivity index (χ3v) is 10.3. The molecule has 3 heterocycles. The highest BCUT2D eigenvalue weighted by molar-refractivity contribution is 6.98. The predicted octanol–water partition coefficient (Wildman–Crippen LogP) is 8.65. The number of rotatable bonds is 1. The van der Waals surface area contributed by atoms with Gasteiger partial charge in [0.2, 0.25) is 0 Å². The standard InChI is InChI=1S/C39H34BNO3/c1-23-18-35-37-36(19-23)44-34-22-26-25(38(2,3)16-17-39(26,4)5)21-28(34)40(37)27-15-14-24(20-33(27)43-35)41-29-10-6-8-12-31(29)42-32-13-9-7-11-30(32)41/h6-15,18-22H,16-17H2,1-5H3. The minimum atomic E-state index is 0.0255. The van der Waals surface area contributed by atoms with Crippen LogP contribution in [0.15, 0.2) is 91.0 Å². The van der Waals surface area contributed by atoms with Crippen LogP contribution in [-0.2, 0) is 10.8 Å². The number of ether oxygens (including phenoxy) is 3. The van der Waals surface area contributed by atoms with Crippen LogP contribution < -0.4 is 35.5 Å². The molecule has 5 aromatic carbocycles. The second-order valence-corrected chi connectivity index (χ2v) is 14.1. The molecule has 0 spiro atoms. The van der Waals surface area contributed by atoms with Gasteiger partial charge in [0, 0.05) is 11.5 Å². The van der Waals surface area contributed by atoms with Gasteiger partial charge in [0.15, 0.2) is 11.5 Å². The van der Waals surface area contributed by atoms with Gasteiger partial charge in [-0.1, -0.05) is 64.1 Å². The molecular weight excluding hydrogens is 541 g/mol. The molecule has 0 atom stereocenters. The maximum atomic E-state index is 6.78. The quantitative estimate of drug-likeness (QED) is 0.183. The van der Waals surface area contributed by atoms with Crippen molar-refractivity contribution in [2.24, 2.45) is 0 Å². The Balaban J connectivity index is 1.25. The molecule has 0 saturated carbocycles. The van der Waals surface area contributed by atoms with Crippen LogP contribution in [0.1, 0.15) is 57.2 Å². The lowest BCUT2D eigenvalue weighted by molar-refractivity contribution is 0.330. The van der Waals surface area contributed by atoms with Crippen molar-refractivity contribution in [1.29, 1.82) is 0 Å². The molecule has 5 heteroatoms. The smallest absolute Gasteiger partial charge is 0.260 e. The Morgan fingerprint density at radius 2 is 1.11 bits per heavy atom. The molecule has 0 radical (unpaired) electrons. The van der Waals surface area contributed by atoms with Crippen molar-refractivity contribution in [3.05, 3.63) is 108 Å². The Morgan fingerprint density at radius 1 is 0.568 bits per heavy atom. The molecule has 0 fully saturated rings. The molecule has 0 bridgehead atoms. The van der Waals surface area contributed by atoms with Gasteiger partial charge in [-0.25, -0.2) is 0 Å². The summed E-state index contributed by atoms with van der Waals surface area (Å²) in [6, 6.07) is 32.2. The number of benzene rings is 5. The normalized spacial score (nSPS) is 17.4. The fourth-order valence-corrected chi connectivity index (χ4v) is 7.80. The Morgan fingerprint density at radius 3 is 1.75 bits per heavy atom. The summed E-state index contributed by atoms with van der Waals surface area (Å²) in [5, 5.41) is 0. The fraction of sp³-hybridized carbons (Fsp3) is 0.231. The minimum absolute atomic E-state index is 0.0255. The van der Waals surface area contributed by atoms with Crippen molar-refractivity contribution in [1.82, 2.24) is 0 Å². The Hall–Kier alpha value is -4.64. The zero-order valence-electron chi connectivity index (χ0n) is 25.8. The van der Waals surface area contributed by atoms with Crippen LogP contribution >= 0.6 is 0 Å². The van der Waals surface area contributed by atoms with E-state index in [1.807, 2.05) is 24.3 Å². The van der Waals surface area contributed by atoms with Gasteiger partial charge >= 0.3 is 0 Å². The number of hydrogen-bond acceptors (Lipinski definition) is 4. The SMILES string of the molecule is Cc1cc2c3c(c1)Oc1cc4c(cc1B3c1ccc(N3c5ccccc5Oc5ccccc53)cc1O2)C(C)(C)CCC4(C)C. The molecule has 0 amide bonds.